The molecule has 2 amide bonds. The molecule has 3 aromatic rings. The van der Waals surface area contributed by atoms with E-state index in [0.29, 0.717) is 30.1 Å². The standard InChI is InChI=1S/C24H28N4O3/c1-5-27(16-23(29)25-21-11-6-7-12-22(21)31-4)24(30)20-10-8-9-19(14-20)15-28-18(3)13-17(2)26-28/h6-14H,5,15-16H2,1-4H3,(H,25,29). The van der Waals surface area contributed by atoms with Crippen LogP contribution in [0.3, 0.4) is 0 Å². The minimum Gasteiger partial charge on any atom is -0.495 e. The lowest BCUT2D eigenvalue weighted by Gasteiger charge is -2.21. The minimum absolute atomic E-state index is 0.0466. The van der Waals surface area contributed by atoms with Crippen LogP contribution in [0.5, 0.6) is 5.75 Å². The fourth-order valence-corrected chi connectivity index (χ4v) is 3.43. The molecule has 0 aliphatic heterocycles. The summed E-state index contributed by atoms with van der Waals surface area (Å²) in [4.78, 5) is 27.1. The fourth-order valence-electron chi connectivity index (χ4n) is 3.43. The van der Waals surface area contributed by atoms with Gasteiger partial charge >= 0.3 is 0 Å². The van der Waals surface area contributed by atoms with Gasteiger partial charge in [-0.05, 0) is 56.7 Å². The lowest BCUT2D eigenvalue weighted by atomic mass is 10.1. The highest BCUT2D eigenvalue weighted by Crippen LogP contribution is 2.23. The van der Waals surface area contributed by atoms with Crippen molar-refractivity contribution in [2.45, 2.75) is 27.3 Å². The number of carbonyl (C=O) groups is 2. The molecule has 3 rings (SSSR count). The third-order valence-electron chi connectivity index (χ3n) is 4.99. The van der Waals surface area contributed by atoms with Crippen molar-refractivity contribution < 1.29 is 14.3 Å². The number of methoxy groups -OCH3 is 1. The zero-order valence-electron chi connectivity index (χ0n) is 18.4. The molecule has 1 N–H and O–H groups in total. The summed E-state index contributed by atoms with van der Waals surface area (Å²) in [5.41, 5.74) is 4.13. The van der Waals surface area contributed by atoms with E-state index >= 15 is 0 Å². The molecule has 0 bridgehead atoms. The number of likely N-dealkylation sites (N-methyl/N-ethyl adjacent to an activating group) is 1. The lowest BCUT2D eigenvalue weighted by molar-refractivity contribution is -0.116. The van der Waals surface area contributed by atoms with Gasteiger partial charge in [0.1, 0.15) is 12.3 Å². The number of amides is 2. The first-order valence-electron chi connectivity index (χ1n) is 10.2. The van der Waals surface area contributed by atoms with Gasteiger partial charge in [0.15, 0.2) is 0 Å². The van der Waals surface area contributed by atoms with Crippen molar-refractivity contribution in [2.75, 3.05) is 25.5 Å². The second-order valence-corrected chi connectivity index (χ2v) is 7.35. The number of carbonyl (C=O) groups excluding carboxylic acids is 2. The maximum Gasteiger partial charge on any atom is 0.254 e. The van der Waals surface area contributed by atoms with E-state index in [0.717, 1.165) is 17.0 Å². The minimum atomic E-state index is -0.279. The number of para-hydroxylation sites is 2. The van der Waals surface area contributed by atoms with Crippen LogP contribution in [-0.4, -0.2) is 46.7 Å². The largest absolute Gasteiger partial charge is 0.495 e. The number of hydrogen-bond donors (Lipinski definition) is 1. The highest BCUT2D eigenvalue weighted by molar-refractivity contribution is 5.99. The second kappa shape index (κ2) is 9.93. The molecule has 0 saturated carbocycles. The van der Waals surface area contributed by atoms with Crippen LogP contribution in [-0.2, 0) is 11.3 Å². The molecule has 1 heterocycles. The quantitative estimate of drug-likeness (QED) is 0.603. The van der Waals surface area contributed by atoms with Gasteiger partial charge in [0, 0.05) is 17.8 Å². The van der Waals surface area contributed by atoms with Crippen LogP contribution in [0.25, 0.3) is 0 Å². The van der Waals surface area contributed by atoms with Crippen LogP contribution in [0.15, 0.2) is 54.6 Å². The van der Waals surface area contributed by atoms with Crippen LogP contribution in [0.4, 0.5) is 5.69 Å². The third-order valence-corrected chi connectivity index (χ3v) is 4.99. The predicted octanol–water partition coefficient (Wildman–Crippen LogP) is 3.66. The molecular formula is C24H28N4O3. The molecule has 162 valence electrons. The molecule has 2 aromatic carbocycles. The Kier molecular flexibility index (Phi) is 7.07. The maximum atomic E-state index is 13.1. The predicted molar refractivity (Wildman–Crippen MR) is 120 cm³/mol. The van der Waals surface area contributed by atoms with Crippen molar-refractivity contribution in [3.63, 3.8) is 0 Å². The number of nitrogens with one attached hydrogen (secondary N) is 1. The molecule has 0 radical (unpaired) electrons. The smallest absolute Gasteiger partial charge is 0.254 e. The first kappa shape index (κ1) is 22.1. The van der Waals surface area contributed by atoms with Gasteiger partial charge in [-0.1, -0.05) is 24.3 Å². The molecular weight excluding hydrogens is 392 g/mol. The van der Waals surface area contributed by atoms with Crippen molar-refractivity contribution in [1.29, 1.82) is 0 Å². The zero-order valence-corrected chi connectivity index (χ0v) is 18.4. The number of aromatic nitrogens is 2. The summed E-state index contributed by atoms with van der Waals surface area (Å²) >= 11 is 0. The van der Waals surface area contributed by atoms with Crippen molar-refractivity contribution in [1.82, 2.24) is 14.7 Å². The van der Waals surface area contributed by atoms with Crippen LogP contribution in [0.2, 0.25) is 0 Å². The number of benzene rings is 2. The van der Waals surface area contributed by atoms with Gasteiger partial charge < -0.3 is 15.0 Å². The van der Waals surface area contributed by atoms with Crippen LogP contribution < -0.4 is 10.1 Å². The molecule has 7 heteroatoms. The summed E-state index contributed by atoms with van der Waals surface area (Å²) < 4.78 is 7.18. The average molecular weight is 421 g/mol. The molecule has 1 aromatic heterocycles. The van der Waals surface area contributed by atoms with E-state index in [1.807, 2.05) is 61.9 Å². The Morgan fingerprint density at radius 1 is 1.10 bits per heavy atom. The lowest BCUT2D eigenvalue weighted by Crippen LogP contribution is -2.38. The van der Waals surface area contributed by atoms with E-state index in [9.17, 15) is 9.59 Å². The Morgan fingerprint density at radius 2 is 1.87 bits per heavy atom. The highest BCUT2D eigenvalue weighted by Gasteiger charge is 2.18. The van der Waals surface area contributed by atoms with Gasteiger partial charge in [0.05, 0.1) is 25.0 Å². The monoisotopic (exact) mass is 420 g/mol. The molecule has 0 saturated heterocycles. The fraction of sp³-hybridized carbons (Fsp3) is 0.292. The van der Waals surface area contributed by atoms with Gasteiger partial charge in [-0.2, -0.15) is 5.10 Å². The number of ether oxygens (including phenoxy) is 1. The van der Waals surface area contributed by atoms with E-state index in [-0.39, 0.29) is 18.4 Å². The highest BCUT2D eigenvalue weighted by atomic mass is 16.5. The maximum absolute atomic E-state index is 13.1. The molecule has 0 fully saturated rings. The van der Waals surface area contributed by atoms with Crippen molar-refractivity contribution in [3.8, 4) is 5.75 Å². The summed E-state index contributed by atoms with van der Waals surface area (Å²) in [6.07, 6.45) is 0. The average Bonchev–Trinajstić information content (AvgIpc) is 3.08. The number of aryl methyl sites for hydroxylation is 2. The Hall–Kier alpha value is -3.61. The van der Waals surface area contributed by atoms with Gasteiger partial charge in [0.25, 0.3) is 5.91 Å². The van der Waals surface area contributed by atoms with E-state index in [1.165, 1.54) is 4.90 Å². The normalized spacial score (nSPS) is 10.6. The second-order valence-electron chi connectivity index (χ2n) is 7.35. The summed E-state index contributed by atoms with van der Waals surface area (Å²) in [5, 5.41) is 7.30. The molecule has 0 unspecified atom stereocenters. The first-order valence-corrected chi connectivity index (χ1v) is 10.2. The Morgan fingerprint density at radius 3 is 2.55 bits per heavy atom. The van der Waals surface area contributed by atoms with Crippen LogP contribution >= 0.6 is 0 Å². The van der Waals surface area contributed by atoms with Crippen molar-refractivity contribution in [2.24, 2.45) is 0 Å². The topological polar surface area (TPSA) is 76.5 Å². The molecule has 0 aliphatic rings. The van der Waals surface area contributed by atoms with Crippen LogP contribution in [0.1, 0.15) is 34.2 Å². The molecule has 0 spiro atoms. The Bertz CT molecular complexity index is 1070. The zero-order chi connectivity index (χ0) is 22.4. The summed E-state index contributed by atoms with van der Waals surface area (Å²) in [5.74, 6) is 0.105. The molecule has 7 nitrogen and oxygen atoms in total. The first-order chi connectivity index (χ1) is 14.9. The van der Waals surface area contributed by atoms with E-state index in [2.05, 4.69) is 10.4 Å². The molecule has 0 atom stereocenters. The number of anilines is 1. The van der Waals surface area contributed by atoms with Gasteiger partial charge in [-0.3, -0.25) is 14.3 Å². The van der Waals surface area contributed by atoms with E-state index in [1.54, 1.807) is 25.3 Å². The molecule has 31 heavy (non-hydrogen) atoms. The van der Waals surface area contributed by atoms with E-state index in [4.69, 9.17) is 4.74 Å². The van der Waals surface area contributed by atoms with Gasteiger partial charge in [0.2, 0.25) is 5.91 Å². The summed E-state index contributed by atoms with van der Waals surface area (Å²) in [6.45, 7) is 6.77. The number of nitrogens with zero attached hydrogens (tertiary/aromatic N) is 3. The Balaban J connectivity index is 1.70. The van der Waals surface area contributed by atoms with Gasteiger partial charge in [-0.25, -0.2) is 0 Å². The summed E-state index contributed by atoms with van der Waals surface area (Å²) in [6, 6.07) is 16.7. The third kappa shape index (κ3) is 5.51. The Labute approximate surface area is 182 Å². The number of hydrogen-bond acceptors (Lipinski definition) is 4. The molecule has 0 aliphatic carbocycles. The van der Waals surface area contributed by atoms with E-state index < -0.39 is 0 Å². The van der Waals surface area contributed by atoms with Crippen molar-refractivity contribution in [3.05, 3.63) is 77.1 Å². The van der Waals surface area contributed by atoms with Crippen molar-refractivity contribution >= 4 is 17.5 Å². The summed E-state index contributed by atoms with van der Waals surface area (Å²) in [7, 11) is 1.55. The van der Waals surface area contributed by atoms with Crippen LogP contribution in [0, 0.1) is 13.8 Å². The number of rotatable bonds is 8. The van der Waals surface area contributed by atoms with Gasteiger partial charge in [-0.15, -0.1) is 0 Å². The SMILES string of the molecule is CCN(CC(=O)Nc1ccccc1OC)C(=O)c1cccc(Cn2nc(C)cc2C)c1.